The summed E-state index contributed by atoms with van der Waals surface area (Å²) < 4.78 is 26.4. The number of hydrogen-bond acceptors (Lipinski definition) is 4. The molecule has 2 aromatic carbocycles. The minimum absolute atomic E-state index is 0.0287. The van der Waals surface area contributed by atoms with Crippen LogP contribution in [0.25, 0.3) is 0 Å². The number of hydrogen-bond donors (Lipinski definition) is 3. The Bertz CT molecular complexity index is 865. The van der Waals surface area contributed by atoms with Gasteiger partial charge in [-0.1, -0.05) is 42.5 Å². The van der Waals surface area contributed by atoms with Gasteiger partial charge in [0.1, 0.15) is 0 Å². The zero-order valence-corrected chi connectivity index (χ0v) is 15.5. The minimum Gasteiger partial charge on any atom is -0.478 e. The van der Waals surface area contributed by atoms with Gasteiger partial charge in [0.05, 0.1) is 11.3 Å². The van der Waals surface area contributed by atoms with Gasteiger partial charge in [0.15, 0.2) is 0 Å². The summed E-state index contributed by atoms with van der Waals surface area (Å²) in [4.78, 5) is 22.6. The summed E-state index contributed by atoms with van der Waals surface area (Å²) in [6, 6.07) is 15.5. The normalized spacial score (nSPS) is 11.1. The molecule has 0 atom stereocenters. The standard InChI is InChI=1S/C19H22N2O5S/c22-18(11-8-15-6-9-17(10-7-15)19(23)24)20-12-13-27(25,26)21-14-16-4-2-1-3-5-16/h1-7,9-10,21H,8,11-14H2,(H,20,22)(H,23,24). The van der Waals surface area contributed by atoms with Crippen LogP contribution in [-0.2, 0) is 27.8 Å². The molecule has 8 heteroatoms. The molecule has 0 aliphatic rings. The van der Waals surface area contributed by atoms with E-state index in [0.717, 1.165) is 11.1 Å². The van der Waals surface area contributed by atoms with Crippen LogP contribution in [0.3, 0.4) is 0 Å². The number of carboxylic acid groups (broad SMARTS) is 1. The lowest BCUT2D eigenvalue weighted by Crippen LogP contribution is -2.34. The molecule has 0 saturated heterocycles. The van der Waals surface area contributed by atoms with Crippen LogP contribution in [0, 0.1) is 0 Å². The van der Waals surface area contributed by atoms with Crippen LogP contribution in [0.1, 0.15) is 27.9 Å². The summed E-state index contributed by atoms with van der Waals surface area (Å²) in [5.41, 5.74) is 1.89. The van der Waals surface area contributed by atoms with Gasteiger partial charge in [-0.05, 0) is 29.7 Å². The van der Waals surface area contributed by atoms with Gasteiger partial charge < -0.3 is 10.4 Å². The van der Waals surface area contributed by atoms with Crippen molar-refractivity contribution in [3.8, 4) is 0 Å². The van der Waals surface area contributed by atoms with E-state index in [4.69, 9.17) is 5.11 Å². The van der Waals surface area contributed by atoms with E-state index in [-0.39, 0.29) is 36.7 Å². The first-order chi connectivity index (χ1) is 12.9. The molecule has 2 rings (SSSR count). The number of aryl methyl sites for hydroxylation is 1. The molecule has 0 aliphatic heterocycles. The maximum Gasteiger partial charge on any atom is 0.335 e. The van der Waals surface area contributed by atoms with E-state index >= 15 is 0 Å². The third-order valence-corrected chi connectivity index (χ3v) is 5.20. The predicted molar refractivity (Wildman–Crippen MR) is 102 cm³/mol. The molecule has 0 aliphatic carbocycles. The van der Waals surface area contributed by atoms with Crippen LogP contribution in [0.4, 0.5) is 0 Å². The summed E-state index contributed by atoms with van der Waals surface area (Å²) in [5, 5.41) is 11.4. The molecule has 27 heavy (non-hydrogen) atoms. The summed E-state index contributed by atoms with van der Waals surface area (Å²) in [5.74, 6) is -1.45. The number of benzene rings is 2. The van der Waals surface area contributed by atoms with Crippen molar-refractivity contribution in [1.29, 1.82) is 0 Å². The largest absolute Gasteiger partial charge is 0.478 e. The molecule has 1 amide bonds. The van der Waals surface area contributed by atoms with E-state index in [2.05, 4.69) is 10.0 Å². The quantitative estimate of drug-likeness (QED) is 0.570. The zero-order chi connectivity index (χ0) is 19.7. The zero-order valence-electron chi connectivity index (χ0n) is 14.7. The Morgan fingerprint density at radius 1 is 0.926 bits per heavy atom. The van der Waals surface area contributed by atoms with Gasteiger partial charge in [-0.25, -0.2) is 17.9 Å². The van der Waals surface area contributed by atoms with Gasteiger partial charge in [0, 0.05) is 19.5 Å². The lowest BCUT2D eigenvalue weighted by molar-refractivity contribution is -0.120. The molecule has 0 spiro atoms. The third kappa shape index (κ3) is 7.59. The molecule has 0 fully saturated rings. The SMILES string of the molecule is O=C(CCc1ccc(C(=O)O)cc1)NCCS(=O)(=O)NCc1ccccc1. The maximum absolute atomic E-state index is 11.9. The fourth-order valence-corrected chi connectivity index (χ4v) is 3.25. The highest BCUT2D eigenvalue weighted by Gasteiger charge is 2.11. The topological polar surface area (TPSA) is 113 Å². The van der Waals surface area contributed by atoms with E-state index in [1.54, 1.807) is 12.1 Å². The second-order valence-electron chi connectivity index (χ2n) is 5.98. The monoisotopic (exact) mass is 390 g/mol. The molecule has 0 heterocycles. The van der Waals surface area contributed by atoms with Crippen LogP contribution in [0.5, 0.6) is 0 Å². The second kappa shape index (κ2) is 9.84. The van der Waals surface area contributed by atoms with Crippen LogP contribution in [0.15, 0.2) is 54.6 Å². The van der Waals surface area contributed by atoms with E-state index in [1.165, 1.54) is 12.1 Å². The van der Waals surface area contributed by atoms with E-state index in [0.29, 0.717) is 6.42 Å². The van der Waals surface area contributed by atoms with Crippen molar-refractivity contribution in [2.24, 2.45) is 0 Å². The third-order valence-electron chi connectivity index (χ3n) is 3.87. The number of carbonyl (C=O) groups excluding carboxylic acids is 1. The van der Waals surface area contributed by atoms with Crippen LogP contribution in [0.2, 0.25) is 0 Å². The van der Waals surface area contributed by atoms with Crippen molar-refractivity contribution in [1.82, 2.24) is 10.0 Å². The molecule has 144 valence electrons. The first kappa shape index (κ1) is 20.6. The van der Waals surface area contributed by atoms with Crippen molar-refractivity contribution in [3.05, 3.63) is 71.3 Å². The molecular weight excluding hydrogens is 368 g/mol. The van der Waals surface area contributed by atoms with Gasteiger partial charge in [-0.3, -0.25) is 4.79 Å². The Kier molecular flexibility index (Phi) is 7.51. The molecule has 0 saturated carbocycles. The lowest BCUT2D eigenvalue weighted by Gasteiger charge is -2.08. The van der Waals surface area contributed by atoms with Crippen molar-refractivity contribution < 1.29 is 23.1 Å². The van der Waals surface area contributed by atoms with Crippen LogP contribution < -0.4 is 10.0 Å². The number of carbonyl (C=O) groups is 2. The summed E-state index contributed by atoms with van der Waals surface area (Å²) in [6.45, 7) is 0.240. The smallest absolute Gasteiger partial charge is 0.335 e. The minimum atomic E-state index is -3.48. The average molecular weight is 390 g/mol. The van der Waals surface area contributed by atoms with Crippen molar-refractivity contribution in [2.45, 2.75) is 19.4 Å². The number of sulfonamides is 1. The highest BCUT2D eigenvalue weighted by Crippen LogP contribution is 2.07. The van der Waals surface area contributed by atoms with Crippen molar-refractivity contribution in [2.75, 3.05) is 12.3 Å². The van der Waals surface area contributed by atoms with E-state index in [9.17, 15) is 18.0 Å². The Labute approximate surface area is 158 Å². The Hall–Kier alpha value is -2.71. The fraction of sp³-hybridized carbons (Fsp3) is 0.263. The molecule has 0 radical (unpaired) electrons. The molecule has 0 aromatic heterocycles. The first-order valence-electron chi connectivity index (χ1n) is 8.46. The number of rotatable bonds is 10. The highest BCUT2D eigenvalue weighted by molar-refractivity contribution is 7.89. The average Bonchev–Trinajstić information content (AvgIpc) is 2.66. The Balaban J connectivity index is 1.68. The van der Waals surface area contributed by atoms with E-state index < -0.39 is 16.0 Å². The summed E-state index contributed by atoms with van der Waals surface area (Å²) in [6.07, 6.45) is 0.647. The predicted octanol–water partition coefficient (Wildman–Crippen LogP) is 1.55. The van der Waals surface area contributed by atoms with Crippen molar-refractivity contribution in [3.63, 3.8) is 0 Å². The molecule has 2 aromatic rings. The molecular formula is C19H22N2O5S. The van der Waals surface area contributed by atoms with Crippen LogP contribution >= 0.6 is 0 Å². The van der Waals surface area contributed by atoms with Gasteiger partial charge in [-0.2, -0.15) is 0 Å². The van der Waals surface area contributed by atoms with Gasteiger partial charge in [0.25, 0.3) is 0 Å². The molecule has 0 unspecified atom stereocenters. The second-order valence-corrected chi connectivity index (χ2v) is 7.90. The number of carboxylic acids is 1. The first-order valence-corrected chi connectivity index (χ1v) is 10.1. The molecule has 3 N–H and O–H groups in total. The molecule has 7 nitrogen and oxygen atoms in total. The van der Waals surface area contributed by atoms with Gasteiger partial charge >= 0.3 is 5.97 Å². The number of aromatic carboxylic acids is 1. The number of amides is 1. The summed E-state index contributed by atoms with van der Waals surface area (Å²) >= 11 is 0. The highest BCUT2D eigenvalue weighted by atomic mass is 32.2. The van der Waals surface area contributed by atoms with Crippen LogP contribution in [-0.4, -0.2) is 37.7 Å². The Morgan fingerprint density at radius 3 is 2.22 bits per heavy atom. The van der Waals surface area contributed by atoms with E-state index in [1.807, 2.05) is 30.3 Å². The Morgan fingerprint density at radius 2 is 1.59 bits per heavy atom. The maximum atomic E-state index is 11.9. The van der Waals surface area contributed by atoms with Crippen molar-refractivity contribution >= 4 is 21.9 Å². The summed E-state index contributed by atoms with van der Waals surface area (Å²) in [7, 11) is -3.48. The fourth-order valence-electron chi connectivity index (χ4n) is 2.35. The molecule has 0 bridgehead atoms. The van der Waals surface area contributed by atoms with Gasteiger partial charge in [0.2, 0.25) is 15.9 Å². The number of nitrogens with one attached hydrogen (secondary N) is 2. The van der Waals surface area contributed by atoms with Gasteiger partial charge in [-0.15, -0.1) is 0 Å². The lowest BCUT2D eigenvalue weighted by atomic mass is 10.1.